The van der Waals surface area contributed by atoms with Gasteiger partial charge in [-0.2, -0.15) is 0 Å². The van der Waals surface area contributed by atoms with Crippen molar-refractivity contribution in [3.8, 4) is 0 Å². The van der Waals surface area contributed by atoms with E-state index in [0.29, 0.717) is 17.1 Å². The molecule has 5 aromatic rings. The van der Waals surface area contributed by atoms with Gasteiger partial charge in [0.2, 0.25) is 16.0 Å². The molecule has 2 unspecified atom stereocenters. The van der Waals surface area contributed by atoms with Crippen LogP contribution in [0.5, 0.6) is 0 Å². The largest absolute Gasteiger partial charge is 0.376 e. The lowest BCUT2D eigenvalue weighted by molar-refractivity contribution is 0.534. The number of aromatic nitrogens is 2. The molecule has 0 radical (unpaired) electrons. The first-order valence-corrected chi connectivity index (χ1v) is 15.9. The molecule has 41 heavy (non-hydrogen) atoms. The third kappa shape index (κ3) is 5.26. The zero-order valence-corrected chi connectivity index (χ0v) is 23.9. The van der Waals surface area contributed by atoms with Crippen LogP contribution in [0.3, 0.4) is 0 Å². The van der Waals surface area contributed by atoms with Crippen molar-refractivity contribution >= 4 is 42.5 Å². The topological polar surface area (TPSA) is 130 Å². The number of nitrogens with one attached hydrogen (secondary N) is 3. The minimum absolute atomic E-state index is 0.00931. The summed E-state index contributed by atoms with van der Waals surface area (Å²) in [6, 6.07) is 27.0. The van der Waals surface area contributed by atoms with Crippen molar-refractivity contribution in [2.24, 2.45) is 0 Å². The van der Waals surface area contributed by atoms with E-state index < -0.39 is 32.1 Å². The number of sulfonamides is 2. The lowest BCUT2D eigenvalue weighted by Crippen LogP contribution is -2.33. The molecule has 0 saturated heterocycles. The molecule has 1 aromatic heterocycles. The number of benzene rings is 4. The summed E-state index contributed by atoms with van der Waals surface area (Å²) in [5.74, 6) is 0.00931. The van der Waals surface area contributed by atoms with Gasteiger partial charge in [0, 0.05) is 17.1 Å². The van der Waals surface area contributed by atoms with Crippen molar-refractivity contribution in [2.45, 2.75) is 35.7 Å². The molecule has 1 aliphatic carbocycles. The molecular weight excluding hydrogens is 558 g/mol. The molecule has 208 valence electrons. The maximum Gasteiger partial charge on any atom is 0.264 e. The van der Waals surface area contributed by atoms with Gasteiger partial charge in [-0.1, -0.05) is 54.6 Å². The molecule has 1 aliphatic rings. The zero-order chi connectivity index (χ0) is 28.8. The number of hydrogen-bond donors (Lipinski definition) is 3. The van der Waals surface area contributed by atoms with Crippen LogP contribution in [0.4, 0.5) is 11.6 Å². The Morgan fingerprint density at radius 1 is 0.634 bits per heavy atom. The lowest BCUT2D eigenvalue weighted by Gasteiger charge is -2.25. The van der Waals surface area contributed by atoms with Gasteiger partial charge in [0.15, 0.2) is 0 Å². The van der Waals surface area contributed by atoms with Gasteiger partial charge < -0.3 is 5.32 Å². The molecule has 0 fully saturated rings. The van der Waals surface area contributed by atoms with Gasteiger partial charge in [0.1, 0.15) is 0 Å². The summed E-state index contributed by atoms with van der Waals surface area (Å²) < 4.78 is 58.1. The summed E-state index contributed by atoms with van der Waals surface area (Å²) in [4.78, 5) is 8.54. The molecule has 4 aromatic carbocycles. The molecule has 6 rings (SSSR count). The third-order valence-electron chi connectivity index (χ3n) is 7.00. The van der Waals surface area contributed by atoms with E-state index >= 15 is 0 Å². The molecule has 2 atom stereocenters. The number of anilines is 2. The summed E-state index contributed by atoms with van der Waals surface area (Å²) >= 11 is 0. The quantitative estimate of drug-likeness (QED) is 0.227. The first-order valence-electron chi connectivity index (χ1n) is 12.9. The number of nitrogens with zero attached hydrogens (tertiary/aromatic N) is 2. The fraction of sp³-hybridized carbons (Fsp3) is 0.133. The molecule has 0 aliphatic heterocycles. The van der Waals surface area contributed by atoms with E-state index in [0.717, 1.165) is 21.9 Å². The van der Waals surface area contributed by atoms with Crippen LogP contribution >= 0.6 is 0 Å². The fourth-order valence-electron chi connectivity index (χ4n) is 5.27. The van der Waals surface area contributed by atoms with E-state index in [2.05, 4.69) is 24.7 Å². The Morgan fingerprint density at radius 2 is 1.22 bits per heavy atom. The van der Waals surface area contributed by atoms with Gasteiger partial charge in [-0.15, -0.1) is 0 Å². The van der Waals surface area contributed by atoms with Crippen molar-refractivity contribution in [3.63, 3.8) is 0 Å². The monoisotopic (exact) mass is 585 g/mol. The third-order valence-corrected chi connectivity index (χ3v) is 9.80. The maximum atomic E-state index is 13.4. The van der Waals surface area contributed by atoms with Crippen LogP contribution in [0.1, 0.15) is 34.6 Å². The van der Waals surface area contributed by atoms with E-state index in [1.165, 1.54) is 12.1 Å². The van der Waals surface area contributed by atoms with Crippen molar-refractivity contribution < 1.29 is 16.8 Å². The van der Waals surface area contributed by atoms with Gasteiger partial charge >= 0.3 is 0 Å². The second-order valence-electron chi connectivity index (χ2n) is 9.93. The summed E-state index contributed by atoms with van der Waals surface area (Å²) in [6.45, 7) is 3.53. The Balaban J connectivity index is 1.31. The van der Waals surface area contributed by atoms with Gasteiger partial charge in [-0.05, 0) is 78.2 Å². The lowest BCUT2D eigenvalue weighted by atomic mass is 10.0. The second kappa shape index (κ2) is 10.3. The minimum Gasteiger partial charge on any atom is -0.376 e. The van der Waals surface area contributed by atoms with E-state index in [4.69, 9.17) is 0 Å². The van der Waals surface area contributed by atoms with Crippen molar-refractivity contribution in [3.05, 3.63) is 120 Å². The zero-order valence-electron chi connectivity index (χ0n) is 22.2. The average Bonchev–Trinajstić information content (AvgIpc) is 3.22. The standard InChI is InChI=1S/C30H27N5O4S2/c1-19-18-20(2)32-30(31-19)35-41(38,39)24-16-14-22(15-17-24)33-28-25-12-6-8-21-9-7-13-26(27(21)25)29(28)34-40(36,37)23-10-4-3-5-11-23/h3-18,28-29,33-34H,1-2H3,(H,31,32,35). The number of aryl methyl sites for hydroxylation is 2. The van der Waals surface area contributed by atoms with Crippen molar-refractivity contribution in [1.82, 2.24) is 14.7 Å². The van der Waals surface area contributed by atoms with Crippen LogP contribution in [-0.4, -0.2) is 26.8 Å². The first kappa shape index (κ1) is 26.9. The summed E-state index contributed by atoms with van der Waals surface area (Å²) in [5, 5.41) is 5.45. The Kier molecular flexibility index (Phi) is 6.72. The molecule has 3 N–H and O–H groups in total. The van der Waals surface area contributed by atoms with E-state index in [-0.39, 0.29) is 15.7 Å². The van der Waals surface area contributed by atoms with Gasteiger partial charge in [0.25, 0.3) is 10.0 Å². The predicted octanol–water partition coefficient (Wildman–Crippen LogP) is 5.23. The first-order chi connectivity index (χ1) is 19.6. The maximum absolute atomic E-state index is 13.4. The Bertz CT molecular complexity index is 1960. The smallest absolute Gasteiger partial charge is 0.264 e. The Morgan fingerprint density at radius 3 is 1.85 bits per heavy atom. The highest BCUT2D eigenvalue weighted by Gasteiger charge is 2.37. The molecule has 0 amide bonds. The van der Waals surface area contributed by atoms with Gasteiger partial charge in [0.05, 0.1) is 21.9 Å². The van der Waals surface area contributed by atoms with E-state index in [1.807, 2.05) is 36.4 Å². The van der Waals surface area contributed by atoms with E-state index in [9.17, 15) is 16.8 Å². The van der Waals surface area contributed by atoms with Crippen molar-refractivity contribution in [2.75, 3.05) is 10.0 Å². The van der Waals surface area contributed by atoms with Crippen LogP contribution in [-0.2, 0) is 20.0 Å². The molecule has 1 heterocycles. The Labute approximate surface area is 238 Å². The average molecular weight is 586 g/mol. The molecule has 0 spiro atoms. The summed E-state index contributed by atoms with van der Waals surface area (Å²) in [5.41, 5.74) is 3.75. The highest BCUT2D eigenvalue weighted by molar-refractivity contribution is 7.92. The van der Waals surface area contributed by atoms with Gasteiger partial charge in [-0.25, -0.2) is 36.2 Å². The van der Waals surface area contributed by atoms with E-state index in [1.54, 1.807) is 62.4 Å². The fourth-order valence-corrected chi connectivity index (χ4v) is 7.46. The molecule has 0 saturated carbocycles. The highest BCUT2D eigenvalue weighted by Crippen LogP contribution is 2.46. The minimum atomic E-state index is -3.93. The summed E-state index contributed by atoms with van der Waals surface area (Å²) in [7, 11) is -7.76. The number of hydrogen-bond acceptors (Lipinski definition) is 7. The highest BCUT2D eigenvalue weighted by atomic mass is 32.2. The van der Waals surface area contributed by atoms with Crippen LogP contribution in [0.2, 0.25) is 0 Å². The number of rotatable bonds is 8. The predicted molar refractivity (Wildman–Crippen MR) is 159 cm³/mol. The SMILES string of the molecule is Cc1cc(C)nc(NS(=O)(=O)c2ccc(NC3c4cccc5cccc(c45)C3NS(=O)(=O)c3ccccc3)cc2)n1. The molecular formula is C30H27N5O4S2. The molecule has 0 bridgehead atoms. The van der Waals surface area contributed by atoms with Crippen LogP contribution in [0, 0.1) is 13.8 Å². The van der Waals surface area contributed by atoms with Crippen LogP contribution < -0.4 is 14.8 Å². The molecule has 11 heteroatoms. The van der Waals surface area contributed by atoms with Gasteiger partial charge in [-0.3, -0.25) is 0 Å². The normalized spacial score (nSPS) is 16.5. The van der Waals surface area contributed by atoms with Crippen LogP contribution in [0.25, 0.3) is 10.8 Å². The second-order valence-corrected chi connectivity index (χ2v) is 13.3. The van der Waals surface area contributed by atoms with Crippen molar-refractivity contribution in [1.29, 1.82) is 0 Å². The van der Waals surface area contributed by atoms with Crippen LogP contribution in [0.15, 0.2) is 107 Å². The molecule has 9 nitrogen and oxygen atoms in total. The summed E-state index contributed by atoms with van der Waals surface area (Å²) in [6.07, 6.45) is 0. The Hall–Kier alpha value is -4.32.